The Morgan fingerprint density at radius 1 is 1.06 bits per heavy atom. The average Bonchev–Trinajstić information content (AvgIpc) is 2.27. The second-order valence-corrected chi connectivity index (χ2v) is 3.22. The van der Waals surface area contributed by atoms with Crippen LogP contribution >= 0.6 is 0 Å². The first-order valence-electron chi connectivity index (χ1n) is 4.18. The number of allylic oxidation sites excluding steroid dienone is 1. The number of rotatable bonds is 0. The molecule has 1 unspecified atom stereocenters. The molecule has 0 spiro atoms. The van der Waals surface area contributed by atoms with E-state index < -0.39 is 5.79 Å². The SMILES string of the molecule is NN1C2=CC=NN(N)C2(N)N(N)N(N)N1N. The Bertz CT molecular complexity index is 349. The highest BCUT2D eigenvalue weighted by Gasteiger charge is 2.52. The van der Waals surface area contributed by atoms with Crippen LogP contribution in [0.5, 0.6) is 0 Å². The number of hydrogen-bond acceptors (Lipinski definition) is 12. The summed E-state index contributed by atoms with van der Waals surface area (Å²) in [6.45, 7) is 0. The maximum atomic E-state index is 5.99. The molecule has 1 saturated heterocycles. The molecule has 90 valence electrons. The van der Waals surface area contributed by atoms with Gasteiger partial charge in [-0.2, -0.15) is 10.2 Å². The summed E-state index contributed by atoms with van der Waals surface area (Å²) in [6.07, 6.45) is 2.91. The highest BCUT2D eigenvalue weighted by molar-refractivity contribution is 5.73. The predicted molar refractivity (Wildman–Crippen MR) is 53.6 cm³/mol. The van der Waals surface area contributed by atoms with Crippen LogP contribution in [0.4, 0.5) is 0 Å². The number of hydrazone groups is 1. The van der Waals surface area contributed by atoms with Gasteiger partial charge in [0.25, 0.3) is 0 Å². The van der Waals surface area contributed by atoms with E-state index in [1.165, 1.54) is 12.3 Å². The molecule has 0 aromatic heterocycles. The summed E-state index contributed by atoms with van der Waals surface area (Å²) in [5, 5.41) is 8.20. The van der Waals surface area contributed by atoms with Crippen LogP contribution in [0.3, 0.4) is 0 Å². The smallest absolute Gasteiger partial charge is 0.249 e. The van der Waals surface area contributed by atoms with Crippen LogP contribution in [0.15, 0.2) is 16.9 Å². The molecular formula is C4H14N12. The van der Waals surface area contributed by atoms with Gasteiger partial charge >= 0.3 is 0 Å². The minimum absolute atomic E-state index is 0.303. The van der Waals surface area contributed by atoms with E-state index in [-0.39, 0.29) is 0 Å². The van der Waals surface area contributed by atoms with Gasteiger partial charge in [0.15, 0.2) is 0 Å². The van der Waals surface area contributed by atoms with Crippen molar-refractivity contribution in [1.29, 1.82) is 0 Å². The lowest BCUT2D eigenvalue weighted by Crippen LogP contribution is -2.86. The Morgan fingerprint density at radius 3 is 2.31 bits per heavy atom. The fourth-order valence-corrected chi connectivity index (χ4v) is 1.44. The third kappa shape index (κ3) is 1.15. The molecule has 0 aromatic rings. The van der Waals surface area contributed by atoms with Crippen molar-refractivity contribution in [3.63, 3.8) is 0 Å². The molecule has 2 aliphatic rings. The second kappa shape index (κ2) is 3.32. The van der Waals surface area contributed by atoms with E-state index in [1.54, 1.807) is 0 Å². The molecule has 1 atom stereocenters. The van der Waals surface area contributed by atoms with E-state index in [1.807, 2.05) is 0 Å². The van der Waals surface area contributed by atoms with Crippen LogP contribution in [-0.4, -0.2) is 37.8 Å². The Kier molecular flexibility index (Phi) is 2.31. The highest BCUT2D eigenvalue weighted by atomic mass is 16.2. The van der Waals surface area contributed by atoms with Gasteiger partial charge in [0.1, 0.15) is 5.70 Å². The summed E-state index contributed by atoms with van der Waals surface area (Å²) in [5.74, 6) is 26.5. The number of nitrogens with zero attached hydrogens (tertiary/aromatic N) is 6. The van der Waals surface area contributed by atoms with Crippen LogP contribution in [-0.2, 0) is 0 Å². The first-order valence-corrected chi connectivity index (χ1v) is 4.18. The van der Waals surface area contributed by atoms with Gasteiger partial charge in [0.05, 0.1) is 6.21 Å². The van der Waals surface area contributed by atoms with Crippen molar-refractivity contribution in [2.24, 2.45) is 40.0 Å². The Balaban J connectivity index is 2.49. The molecule has 0 aliphatic carbocycles. The molecule has 12 nitrogen and oxygen atoms in total. The van der Waals surface area contributed by atoms with Gasteiger partial charge in [-0.1, -0.05) is 10.3 Å². The summed E-state index contributed by atoms with van der Waals surface area (Å²) >= 11 is 0. The van der Waals surface area contributed by atoms with Crippen LogP contribution in [0.25, 0.3) is 0 Å². The average molecular weight is 230 g/mol. The van der Waals surface area contributed by atoms with Crippen LogP contribution in [0.2, 0.25) is 0 Å². The molecule has 0 bridgehead atoms. The number of hydrazine groups is 8. The molecule has 2 rings (SSSR count). The van der Waals surface area contributed by atoms with Gasteiger partial charge in [0, 0.05) is 0 Å². The molecule has 12 heteroatoms. The molecule has 2 aliphatic heterocycles. The number of hydrogen-bond donors (Lipinski definition) is 6. The van der Waals surface area contributed by atoms with Crippen LogP contribution in [0.1, 0.15) is 0 Å². The van der Waals surface area contributed by atoms with Gasteiger partial charge in [0.2, 0.25) is 5.79 Å². The second-order valence-electron chi connectivity index (χ2n) is 3.22. The zero-order valence-electron chi connectivity index (χ0n) is 8.30. The van der Waals surface area contributed by atoms with E-state index in [0.29, 0.717) is 5.70 Å². The summed E-state index contributed by atoms with van der Waals surface area (Å²) in [6, 6.07) is 0. The van der Waals surface area contributed by atoms with E-state index in [0.717, 1.165) is 25.8 Å². The quantitative estimate of drug-likeness (QED) is 0.219. The van der Waals surface area contributed by atoms with Gasteiger partial charge in [-0.05, 0) is 11.3 Å². The van der Waals surface area contributed by atoms with Crippen molar-refractivity contribution in [1.82, 2.24) is 25.8 Å². The molecule has 0 radical (unpaired) electrons. The maximum absolute atomic E-state index is 5.99. The maximum Gasteiger partial charge on any atom is 0.249 e. The molecule has 2 heterocycles. The molecule has 0 amide bonds. The summed E-state index contributed by atoms with van der Waals surface area (Å²) < 4.78 is 0. The highest BCUT2D eigenvalue weighted by Crippen LogP contribution is 2.28. The van der Waals surface area contributed by atoms with Crippen molar-refractivity contribution in [2.75, 3.05) is 0 Å². The van der Waals surface area contributed by atoms with Gasteiger partial charge < -0.3 is 0 Å². The zero-order chi connectivity index (χ0) is 12.1. The van der Waals surface area contributed by atoms with Crippen molar-refractivity contribution in [3.8, 4) is 0 Å². The standard InChI is InChI=1S/C4H14N12/c5-4-3(1-2-11-13(4)7)12(6)15(9)16(10)14(4)8/h1-2H,5-10H2. The fourth-order valence-electron chi connectivity index (χ4n) is 1.44. The van der Waals surface area contributed by atoms with Crippen molar-refractivity contribution in [3.05, 3.63) is 11.8 Å². The summed E-state index contributed by atoms with van der Waals surface area (Å²) in [5.41, 5.74) is 6.29. The normalized spacial score (nSPS) is 33.0. The summed E-state index contributed by atoms with van der Waals surface area (Å²) in [7, 11) is 0. The molecule has 0 saturated carbocycles. The first-order chi connectivity index (χ1) is 7.40. The Morgan fingerprint density at radius 2 is 1.69 bits per heavy atom. The van der Waals surface area contributed by atoms with Crippen LogP contribution in [0, 0.1) is 0 Å². The molecule has 1 fully saturated rings. The lowest BCUT2D eigenvalue weighted by molar-refractivity contribution is -0.363. The number of fused-ring (bicyclic) bond motifs is 1. The third-order valence-electron chi connectivity index (χ3n) is 2.40. The van der Waals surface area contributed by atoms with Crippen molar-refractivity contribution < 1.29 is 0 Å². The van der Waals surface area contributed by atoms with Crippen LogP contribution < -0.4 is 34.9 Å². The molecule has 12 N–H and O–H groups in total. The lowest BCUT2D eigenvalue weighted by atomic mass is 10.2. The molecule has 16 heavy (non-hydrogen) atoms. The van der Waals surface area contributed by atoms with E-state index >= 15 is 0 Å². The van der Waals surface area contributed by atoms with Crippen molar-refractivity contribution >= 4 is 6.21 Å². The van der Waals surface area contributed by atoms with E-state index in [9.17, 15) is 0 Å². The van der Waals surface area contributed by atoms with E-state index in [4.69, 9.17) is 34.9 Å². The number of nitrogens with two attached hydrogens (primary N) is 6. The van der Waals surface area contributed by atoms with Gasteiger partial charge in [-0.15, -0.1) is 0 Å². The minimum atomic E-state index is -1.52. The fraction of sp³-hybridized carbons (Fsp3) is 0.250. The Hall–Kier alpha value is -1.35. The van der Waals surface area contributed by atoms with Gasteiger partial charge in [-0.3, -0.25) is 5.73 Å². The topological polar surface area (TPSA) is 185 Å². The lowest BCUT2D eigenvalue weighted by Gasteiger charge is -2.55. The zero-order valence-corrected chi connectivity index (χ0v) is 8.30. The monoisotopic (exact) mass is 230 g/mol. The molecular weight excluding hydrogens is 216 g/mol. The third-order valence-corrected chi connectivity index (χ3v) is 2.40. The van der Waals surface area contributed by atoms with Gasteiger partial charge in [-0.25, -0.2) is 34.3 Å². The van der Waals surface area contributed by atoms with E-state index in [2.05, 4.69) is 5.10 Å². The minimum Gasteiger partial charge on any atom is -0.286 e. The predicted octanol–water partition coefficient (Wildman–Crippen LogP) is -4.88. The Labute approximate surface area is 90.6 Å². The van der Waals surface area contributed by atoms with Crippen molar-refractivity contribution in [2.45, 2.75) is 5.79 Å². The molecule has 0 aromatic carbocycles. The summed E-state index contributed by atoms with van der Waals surface area (Å²) in [4.78, 5) is 0. The largest absolute Gasteiger partial charge is 0.286 e. The first kappa shape index (κ1) is 11.1.